The molecule has 1 heterocycles. The van der Waals surface area contributed by atoms with Crippen molar-refractivity contribution < 1.29 is 13.2 Å². The van der Waals surface area contributed by atoms with Crippen molar-refractivity contribution >= 4 is 39.1 Å². The Labute approximate surface area is 190 Å². The third kappa shape index (κ3) is 8.15. The van der Waals surface area contributed by atoms with Gasteiger partial charge in [0.2, 0.25) is 0 Å². The molecule has 0 amide bonds. The molecule has 1 saturated carbocycles. The largest absolute Gasteiger partial charge is 0.299 e. The molecule has 0 spiro atoms. The Morgan fingerprint density at radius 3 is 2.50 bits per heavy atom. The molecule has 2 rings (SSSR count). The summed E-state index contributed by atoms with van der Waals surface area (Å²) in [5.41, 5.74) is 0. The molecule has 1 aliphatic carbocycles. The number of hydrogen-bond donors (Lipinski definition) is 0. The number of aryl methyl sites for hydroxylation is 1. The van der Waals surface area contributed by atoms with E-state index in [2.05, 4.69) is 9.97 Å². The standard InChI is InChI=1S/C22H36N2O3S3/c1-22(2,3)30(26,27)16-17-7-9-18(10-8-17)19(25)6-5-14-29-15-12-20-23-13-11-21(24-20)28-4/h11,13,17-18H,5-10,12,14-16H2,1-4H3. The van der Waals surface area contributed by atoms with E-state index in [-0.39, 0.29) is 17.6 Å². The lowest BCUT2D eigenvalue weighted by Gasteiger charge is -2.30. The van der Waals surface area contributed by atoms with Crippen LogP contribution in [-0.4, -0.2) is 52.4 Å². The molecule has 0 bridgehead atoms. The highest BCUT2D eigenvalue weighted by Crippen LogP contribution is 2.33. The van der Waals surface area contributed by atoms with Crippen molar-refractivity contribution in [1.29, 1.82) is 0 Å². The summed E-state index contributed by atoms with van der Waals surface area (Å²) >= 11 is 3.48. The van der Waals surface area contributed by atoms with E-state index >= 15 is 0 Å². The maximum absolute atomic E-state index is 12.5. The number of thioether (sulfide) groups is 2. The summed E-state index contributed by atoms with van der Waals surface area (Å²) in [6, 6.07) is 1.92. The van der Waals surface area contributed by atoms with E-state index in [4.69, 9.17) is 0 Å². The first-order chi connectivity index (χ1) is 14.1. The van der Waals surface area contributed by atoms with Crippen LogP contribution in [0.25, 0.3) is 0 Å². The van der Waals surface area contributed by atoms with Gasteiger partial charge in [-0.15, -0.1) is 11.8 Å². The summed E-state index contributed by atoms with van der Waals surface area (Å²) < 4.78 is 24.1. The van der Waals surface area contributed by atoms with Crippen molar-refractivity contribution in [3.8, 4) is 0 Å². The van der Waals surface area contributed by atoms with Gasteiger partial charge in [-0.25, -0.2) is 18.4 Å². The number of Topliss-reactive ketones (excluding diaryl/α,β-unsaturated/α-hetero) is 1. The maximum atomic E-state index is 12.5. The van der Waals surface area contributed by atoms with E-state index in [1.165, 1.54) is 0 Å². The molecule has 0 saturated heterocycles. The highest BCUT2D eigenvalue weighted by molar-refractivity contribution is 7.99. The third-order valence-electron chi connectivity index (χ3n) is 5.76. The number of nitrogens with zero attached hydrogens (tertiary/aromatic N) is 2. The van der Waals surface area contributed by atoms with Gasteiger partial charge in [0, 0.05) is 30.7 Å². The molecule has 0 aromatic carbocycles. The predicted octanol–water partition coefficient (Wildman–Crippen LogP) is 4.84. The molecular weight excluding hydrogens is 436 g/mol. The molecule has 8 heteroatoms. The summed E-state index contributed by atoms with van der Waals surface area (Å²) in [6.45, 7) is 5.30. The molecule has 170 valence electrons. The fourth-order valence-corrected chi connectivity index (χ4v) is 6.37. The Bertz CT molecular complexity index is 783. The zero-order valence-corrected chi connectivity index (χ0v) is 21.2. The Kier molecular flexibility index (Phi) is 10.1. The average molecular weight is 473 g/mol. The van der Waals surface area contributed by atoms with Gasteiger partial charge in [-0.1, -0.05) is 0 Å². The maximum Gasteiger partial charge on any atom is 0.155 e. The van der Waals surface area contributed by atoms with Crippen LogP contribution < -0.4 is 0 Å². The molecule has 1 aromatic heterocycles. The molecule has 0 atom stereocenters. The van der Waals surface area contributed by atoms with Crippen molar-refractivity contribution in [2.24, 2.45) is 11.8 Å². The molecule has 0 radical (unpaired) electrons. The smallest absolute Gasteiger partial charge is 0.155 e. The lowest BCUT2D eigenvalue weighted by molar-refractivity contribution is -0.124. The molecule has 1 fully saturated rings. The molecule has 0 unspecified atom stereocenters. The molecule has 0 N–H and O–H groups in total. The van der Waals surface area contributed by atoms with Crippen molar-refractivity contribution in [3.05, 3.63) is 18.1 Å². The first kappa shape index (κ1) is 25.7. The minimum absolute atomic E-state index is 0.131. The van der Waals surface area contributed by atoms with Crippen molar-refractivity contribution in [3.63, 3.8) is 0 Å². The topological polar surface area (TPSA) is 77.0 Å². The van der Waals surface area contributed by atoms with Gasteiger partial charge in [0.1, 0.15) is 11.6 Å². The number of sulfone groups is 1. The van der Waals surface area contributed by atoms with Crippen LogP contribution in [0.5, 0.6) is 0 Å². The monoisotopic (exact) mass is 472 g/mol. The Balaban J connectivity index is 1.60. The zero-order chi connectivity index (χ0) is 22.2. The minimum Gasteiger partial charge on any atom is -0.299 e. The van der Waals surface area contributed by atoms with Gasteiger partial charge >= 0.3 is 0 Å². The highest BCUT2D eigenvalue weighted by atomic mass is 32.2. The summed E-state index contributed by atoms with van der Waals surface area (Å²) in [5.74, 6) is 3.80. The third-order valence-corrected chi connectivity index (χ3v) is 10.3. The number of carbonyl (C=O) groups excluding carboxylic acids is 1. The van der Waals surface area contributed by atoms with Crippen LogP contribution in [0.1, 0.15) is 65.1 Å². The van der Waals surface area contributed by atoms with Gasteiger partial charge in [0.15, 0.2) is 9.84 Å². The second-order valence-corrected chi connectivity index (χ2v) is 13.9. The molecule has 1 aromatic rings. The quantitative estimate of drug-likeness (QED) is 0.259. The van der Waals surface area contributed by atoms with E-state index in [0.29, 0.717) is 12.2 Å². The van der Waals surface area contributed by atoms with E-state index in [9.17, 15) is 13.2 Å². The SMILES string of the molecule is CSc1ccnc(CCSCCCC(=O)C2CCC(CS(=O)(=O)C(C)(C)C)CC2)n1. The molecule has 5 nitrogen and oxygen atoms in total. The van der Waals surface area contributed by atoms with Crippen LogP contribution in [0.15, 0.2) is 17.3 Å². The predicted molar refractivity (Wildman–Crippen MR) is 128 cm³/mol. The summed E-state index contributed by atoms with van der Waals surface area (Å²) in [4.78, 5) is 21.3. The van der Waals surface area contributed by atoms with E-state index in [1.54, 1.807) is 32.5 Å². The average Bonchev–Trinajstić information content (AvgIpc) is 2.70. The van der Waals surface area contributed by atoms with Gasteiger partial charge in [0.25, 0.3) is 0 Å². The Morgan fingerprint density at radius 1 is 1.17 bits per heavy atom. The molecule has 30 heavy (non-hydrogen) atoms. The minimum atomic E-state index is -3.08. The number of hydrogen-bond acceptors (Lipinski definition) is 7. The number of rotatable bonds is 11. The Hall–Kier alpha value is -0.600. The first-order valence-corrected chi connectivity index (χ1v) is 14.8. The van der Waals surface area contributed by atoms with Crippen LogP contribution >= 0.6 is 23.5 Å². The normalized spacial score (nSPS) is 20.3. The molecule has 0 aliphatic heterocycles. The van der Waals surface area contributed by atoms with Crippen LogP contribution in [0.2, 0.25) is 0 Å². The number of carbonyl (C=O) groups is 1. The lowest BCUT2D eigenvalue weighted by atomic mass is 9.80. The molecular formula is C22H36N2O3S3. The van der Waals surface area contributed by atoms with Gasteiger partial charge in [0.05, 0.1) is 15.5 Å². The number of aromatic nitrogens is 2. The van der Waals surface area contributed by atoms with Gasteiger partial charge < -0.3 is 0 Å². The van der Waals surface area contributed by atoms with Gasteiger partial charge in [-0.05, 0) is 76.9 Å². The van der Waals surface area contributed by atoms with Crippen molar-refractivity contribution in [2.45, 2.75) is 75.5 Å². The summed E-state index contributed by atoms with van der Waals surface area (Å²) in [6.07, 6.45) is 9.63. The van der Waals surface area contributed by atoms with Crippen LogP contribution in [0.3, 0.4) is 0 Å². The summed E-state index contributed by atoms with van der Waals surface area (Å²) in [5, 5.41) is 1.00. The fraction of sp³-hybridized carbons (Fsp3) is 0.773. The van der Waals surface area contributed by atoms with Crippen molar-refractivity contribution in [2.75, 3.05) is 23.5 Å². The van der Waals surface area contributed by atoms with Gasteiger partial charge in [-0.3, -0.25) is 4.79 Å². The van der Waals surface area contributed by atoms with Crippen LogP contribution in [0.4, 0.5) is 0 Å². The van der Waals surface area contributed by atoms with Crippen LogP contribution in [-0.2, 0) is 21.1 Å². The van der Waals surface area contributed by atoms with Gasteiger partial charge in [-0.2, -0.15) is 11.8 Å². The second-order valence-electron chi connectivity index (χ2n) is 9.06. The van der Waals surface area contributed by atoms with E-state index in [1.807, 2.05) is 30.3 Å². The first-order valence-electron chi connectivity index (χ1n) is 10.8. The lowest BCUT2D eigenvalue weighted by Crippen LogP contribution is -2.35. The van der Waals surface area contributed by atoms with E-state index < -0.39 is 14.6 Å². The zero-order valence-electron chi connectivity index (χ0n) is 18.7. The summed E-state index contributed by atoms with van der Waals surface area (Å²) in [7, 11) is -3.08. The fourth-order valence-electron chi connectivity index (χ4n) is 3.64. The number of ketones is 1. The Morgan fingerprint density at radius 2 is 1.87 bits per heavy atom. The second kappa shape index (κ2) is 11.9. The van der Waals surface area contributed by atoms with Crippen LogP contribution in [0, 0.1) is 11.8 Å². The van der Waals surface area contributed by atoms with E-state index in [0.717, 1.165) is 60.9 Å². The molecule has 1 aliphatic rings. The van der Waals surface area contributed by atoms with Crippen molar-refractivity contribution in [1.82, 2.24) is 9.97 Å². The highest BCUT2D eigenvalue weighted by Gasteiger charge is 2.34.